The molecule has 9 nitrogen and oxygen atoms in total. The minimum absolute atomic E-state index is 0.134. The van der Waals surface area contributed by atoms with Crippen LogP contribution in [0.4, 0.5) is 4.79 Å². The van der Waals surface area contributed by atoms with E-state index in [1.54, 1.807) is 42.5 Å². The van der Waals surface area contributed by atoms with Crippen molar-refractivity contribution >= 4 is 46.2 Å². The van der Waals surface area contributed by atoms with Crippen LogP contribution in [0.15, 0.2) is 73.8 Å². The van der Waals surface area contributed by atoms with Gasteiger partial charge < -0.3 is 14.2 Å². The van der Waals surface area contributed by atoms with Crippen LogP contribution in [0.25, 0.3) is 10.9 Å². The first-order valence-electron chi connectivity index (χ1n) is 9.45. The molecule has 0 spiro atoms. The largest absolute Gasteiger partial charge is 0.467 e. The van der Waals surface area contributed by atoms with E-state index < -0.39 is 11.9 Å². The minimum Gasteiger partial charge on any atom is -0.467 e. The molecular weight excluding hydrogens is 456 g/mol. The Hall–Kier alpha value is -3.50. The zero-order valence-corrected chi connectivity index (χ0v) is 18.1. The Balaban J connectivity index is 1.48. The lowest BCUT2D eigenvalue weighted by Crippen LogP contribution is -2.40. The molecule has 1 aromatic carbocycles. The fourth-order valence-electron chi connectivity index (χ4n) is 2.90. The quantitative estimate of drug-likeness (QED) is 0.312. The van der Waals surface area contributed by atoms with Crippen LogP contribution in [-0.4, -0.2) is 27.2 Å². The van der Waals surface area contributed by atoms with Crippen LogP contribution < -0.4 is 16.2 Å². The van der Waals surface area contributed by atoms with Crippen LogP contribution in [-0.2, 0) is 17.9 Å². The number of hydrogen-bond acceptors (Lipinski definition) is 7. The lowest BCUT2D eigenvalue weighted by Gasteiger charge is -2.12. The van der Waals surface area contributed by atoms with Gasteiger partial charge in [-0.15, -0.1) is 0 Å². The van der Waals surface area contributed by atoms with Crippen molar-refractivity contribution in [3.8, 4) is 0 Å². The van der Waals surface area contributed by atoms with Crippen molar-refractivity contribution in [2.45, 2.75) is 18.2 Å². The van der Waals surface area contributed by atoms with Gasteiger partial charge in [0.1, 0.15) is 11.5 Å². The molecule has 4 rings (SSSR count). The van der Waals surface area contributed by atoms with Crippen molar-refractivity contribution in [2.24, 2.45) is 0 Å². The third-order valence-electron chi connectivity index (χ3n) is 4.36. The highest BCUT2D eigenvalue weighted by Gasteiger charge is 2.16. The average Bonchev–Trinajstić information content (AvgIpc) is 3.47. The van der Waals surface area contributed by atoms with Gasteiger partial charge >= 0.3 is 6.03 Å². The summed E-state index contributed by atoms with van der Waals surface area (Å²) in [4.78, 5) is 41.7. The van der Waals surface area contributed by atoms with Crippen LogP contribution in [0, 0.1) is 0 Å². The Morgan fingerprint density at radius 1 is 1.09 bits per heavy atom. The van der Waals surface area contributed by atoms with Gasteiger partial charge in [-0.2, -0.15) is 0 Å². The fraction of sp³-hybridized carbons (Fsp3) is 0.143. The monoisotopic (exact) mass is 472 g/mol. The smallest absolute Gasteiger partial charge is 0.321 e. The number of aromatic nitrogens is 2. The number of benzene rings is 1. The standard InChI is InChI=1S/C21H17ClN4O5S/c22-13-5-6-16-17(9-13)24-21(26(19(16)28)11-15-4-2-8-31-15)32-12-18(27)25-20(29)23-10-14-3-1-7-30-14/h1-9H,10-12H2,(H2,23,25,27,29). The summed E-state index contributed by atoms with van der Waals surface area (Å²) in [7, 11) is 0. The number of furan rings is 2. The summed E-state index contributed by atoms with van der Waals surface area (Å²) in [5, 5.41) is 5.89. The number of hydrogen-bond donors (Lipinski definition) is 2. The summed E-state index contributed by atoms with van der Waals surface area (Å²) in [5.41, 5.74) is 0.124. The number of thioether (sulfide) groups is 1. The third kappa shape index (κ3) is 5.21. The Labute approximate surface area is 190 Å². The van der Waals surface area contributed by atoms with Gasteiger partial charge in [-0.25, -0.2) is 9.78 Å². The van der Waals surface area contributed by atoms with Gasteiger partial charge in [0.15, 0.2) is 5.16 Å². The number of amides is 3. The molecule has 0 atom stereocenters. The lowest BCUT2D eigenvalue weighted by molar-refractivity contribution is -0.117. The number of carbonyl (C=O) groups is 2. The Morgan fingerprint density at radius 3 is 2.56 bits per heavy atom. The number of nitrogens with zero attached hydrogens (tertiary/aromatic N) is 2. The number of imide groups is 1. The molecule has 11 heteroatoms. The van der Waals surface area contributed by atoms with E-state index in [4.69, 9.17) is 20.4 Å². The van der Waals surface area contributed by atoms with Gasteiger partial charge in [-0.3, -0.25) is 19.5 Å². The van der Waals surface area contributed by atoms with Crippen molar-refractivity contribution < 1.29 is 18.4 Å². The van der Waals surface area contributed by atoms with E-state index in [9.17, 15) is 14.4 Å². The molecule has 32 heavy (non-hydrogen) atoms. The molecule has 0 bridgehead atoms. The van der Waals surface area contributed by atoms with Gasteiger partial charge in [0.2, 0.25) is 5.91 Å². The highest BCUT2D eigenvalue weighted by atomic mass is 35.5. The number of nitrogens with one attached hydrogen (secondary N) is 2. The molecule has 0 unspecified atom stereocenters. The van der Waals surface area contributed by atoms with Crippen molar-refractivity contribution in [2.75, 3.05) is 5.75 Å². The second kappa shape index (κ2) is 9.75. The number of rotatable bonds is 7. The summed E-state index contributed by atoms with van der Waals surface area (Å²) < 4.78 is 11.9. The SMILES string of the molecule is O=C(CSc1nc2cc(Cl)ccc2c(=O)n1Cc1ccco1)NC(=O)NCc1ccco1. The molecule has 164 valence electrons. The maximum Gasteiger partial charge on any atom is 0.321 e. The highest BCUT2D eigenvalue weighted by Crippen LogP contribution is 2.21. The molecule has 0 radical (unpaired) electrons. The molecule has 3 aromatic heterocycles. The van der Waals surface area contributed by atoms with Crippen LogP contribution >= 0.6 is 23.4 Å². The molecule has 0 aliphatic heterocycles. The highest BCUT2D eigenvalue weighted by molar-refractivity contribution is 7.99. The molecular formula is C21H17ClN4O5S. The lowest BCUT2D eigenvalue weighted by atomic mass is 10.2. The summed E-state index contributed by atoms with van der Waals surface area (Å²) in [6, 6.07) is 11.0. The molecule has 0 saturated carbocycles. The molecule has 0 saturated heterocycles. The van der Waals surface area contributed by atoms with Gasteiger partial charge in [0, 0.05) is 5.02 Å². The van der Waals surface area contributed by atoms with E-state index in [0.717, 1.165) is 11.8 Å². The van der Waals surface area contributed by atoms with E-state index in [1.165, 1.54) is 17.1 Å². The Kier molecular flexibility index (Phi) is 6.62. The molecule has 0 aliphatic rings. The van der Waals surface area contributed by atoms with Gasteiger partial charge in [-0.1, -0.05) is 23.4 Å². The summed E-state index contributed by atoms with van der Waals surface area (Å²) >= 11 is 7.07. The van der Waals surface area contributed by atoms with Crippen molar-refractivity contribution in [3.05, 3.63) is 81.9 Å². The molecule has 2 N–H and O–H groups in total. The maximum absolute atomic E-state index is 13.1. The predicted octanol–water partition coefficient (Wildman–Crippen LogP) is 3.40. The first-order valence-corrected chi connectivity index (χ1v) is 10.8. The topological polar surface area (TPSA) is 119 Å². The second-order valence-electron chi connectivity index (χ2n) is 6.63. The van der Waals surface area contributed by atoms with E-state index in [1.807, 2.05) is 0 Å². The minimum atomic E-state index is -0.654. The van der Waals surface area contributed by atoms with Crippen LogP contribution in [0.1, 0.15) is 11.5 Å². The number of fused-ring (bicyclic) bond motifs is 1. The van der Waals surface area contributed by atoms with E-state index in [-0.39, 0.29) is 24.4 Å². The fourth-order valence-corrected chi connectivity index (χ4v) is 3.86. The zero-order valence-electron chi connectivity index (χ0n) is 16.5. The summed E-state index contributed by atoms with van der Waals surface area (Å²) in [6.45, 7) is 0.292. The van der Waals surface area contributed by atoms with Crippen LogP contribution in [0.5, 0.6) is 0 Å². The zero-order chi connectivity index (χ0) is 22.5. The van der Waals surface area contributed by atoms with Crippen molar-refractivity contribution in [3.63, 3.8) is 0 Å². The summed E-state index contributed by atoms with van der Waals surface area (Å²) in [6.07, 6.45) is 3.00. The third-order valence-corrected chi connectivity index (χ3v) is 5.58. The van der Waals surface area contributed by atoms with Gasteiger partial charge in [0.25, 0.3) is 5.56 Å². The normalized spacial score (nSPS) is 10.9. The number of urea groups is 1. The molecule has 0 aliphatic carbocycles. The van der Waals surface area contributed by atoms with E-state index >= 15 is 0 Å². The molecule has 4 aromatic rings. The number of carbonyl (C=O) groups excluding carboxylic acids is 2. The first-order chi connectivity index (χ1) is 15.5. The van der Waals surface area contributed by atoms with Gasteiger partial charge in [0.05, 0.1) is 42.3 Å². The summed E-state index contributed by atoms with van der Waals surface area (Å²) in [5.74, 6) is 0.441. The maximum atomic E-state index is 13.1. The van der Waals surface area contributed by atoms with Crippen molar-refractivity contribution in [1.82, 2.24) is 20.2 Å². The van der Waals surface area contributed by atoms with Crippen molar-refractivity contribution in [1.29, 1.82) is 0 Å². The van der Waals surface area contributed by atoms with E-state index in [2.05, 4.69) is 15.6 Å². The average molecular weight is 473 g/mol. The molecule has 3 amide bonds. The van der Waals surface area contributed by atoms with Gasteiger partial charge in [-0.05, 0) is 42.5 Å². The second-order valence-corrected chi connectivity index (χ2v) is 8.00. The van der Waals surface area contributed by atoms with E-state index in [0.29, 0.717) is 32.6 Å². The molecule has 3 heterocycles. The first kappa shape index (κ1) is 21.7. The Bertz CT molecular complexity index is 1300. The Morgan fingerprint density at radius 2 is 1.84 bits per heavy atom. The molecule has 0 fully saturated rings. The van der Waals surface area contributed by atoms with Crippen LogP contribution in [0.3, 0.4) is 0 Å². The van der Waals surface area contributed by atoms with Crippen LogP contribution in [0.2, 0.25) is 5.02 Å². The number of halogens is 1. The predicted molar refractivity (Wildman–Crippen MR) is 119 cm³/mol.